The number of nitrogens with zero attached hydrogens (tertiary/aromatic N) is 2. The van der Waals surface area contributed by atoms with Crippen LogP contribution < -0.4 is 5.32 Å². The predicted molar refractivity (Wildman–Crippen MR) is 119 cm³/mol. The highest BCUT2D eigenvalue weighted by Crippen LogP contribution is 2.37. The Morgan fingerprint density at radius 1 is 1.07 bits per heavy atom. The number of likely N-dealkylation sites (N-methyl/N-ethyl adjacent to an activating group) is 1. The van der Waals surface area contributed by atoms with E-state index in [0.29, 0.717) is 18.0 Å². The summed E-state index contributed by atoms with van der Waals surface area (Å²) in [6.45, 7) is 4.79. The van der Waals surface area contributed by atoms with Crippen molar-refractivity contribution in [2.24, 2.45) is 5.92 Å². The summed E-state index contributed by atoms with van der Waals surface area (Å²) in [5.74, 6) is 1.13. The van der Waals surface area contributed by atoms with E-state index in [1.165, 1.54) is 62.5 Å². The van der Waals surface area contributed by atoms with Crippen LogP contribution in [0.25, 0.3) is 0 Å². The van der Waals surface area contributed by atoms with Crippen molar-refractivity contribution in [1.82, 2.24) is 15.1 Å². The van der Waals surface area contributed by atoms with Gasteiger partial charge in [0.2, 0.25) is 5.91 Å². The standard InChI is InChI=1S/C25H39N3O/c1-3-19-10-12-20(13-11-19)18-28(22-14-15-22)24(17-26-2)25(29)27-16-6-8-21-7-4-5-9-23(21)27/h10-13,21-24,26H,3-9,14-18H2,1-2H3/t21-,23+,24-/m1/s1. The molecule has 0 radical (unpaired) electrons. The van der Waals surface area contributed by atoms with Crippen molar-refractivity contribution in [2.75, 3.05) is 20.1 Å². The van der Waals surface area contributed by atoms with Gasteiger partial charge in [-0.15, -0.1) is 0 Å². The minimum Gasteiger partial charge on any atom is -0.338 e. The zero-order valence-electron chi connectivity index (χ0n) is 18.4. The summed E-state index contributed by atoms with van der Waals surface area (Å²) in [7, 11) is 1.99. The molecule has 3 fully saturated rings. The number of carbonyl (C=O) groups is 1. The number of fused-ring (bicyclic) bond motifs is 1. The molecule has 0 spiro atoms. The molecule has 1 saturated heterocycles. The normalized spacial score (nSPS) is 25.7. The third-order valence-electron chi connectivity index (χ3n) is 7.42. The first-order valence-electron chi connectivity index (χ1n) is 12.0. The highest BCUT2D eigenvalue weighted by molar-refractivity contribution is 5.82. The van der Waals surface area contributed by atoms with Crippen LogP contribution in [0.1, 0.15) is 69.4 Å². The maximum absolute atomic E-state index is 13.9. The van der Waals surface area contributed by atoms with Crippen molar-refractivity contribution < 1.29 is 4.79 Å². The number of aryl methyl sites for hydroxylation is 1. The Kier molecular flexibility index (Phi) is 6.92. The Labute approximate surface area is 177 Å². The SMILES string of the molecule is CCc1ccc(CN(C2CC2)[C@H](CNC)C(=O)N2CCC[C@H]3CCCC[C@@H]32)cc1. The number of carbonyl (C=O) groups excluding carboxylic acids is 1. The van der Waals surface area contributed by atoms with E-state index in [2.05, 4.69) is 46.3 Å². The minimum atomic E-state index is -0.0426. The van der Waals surface area contributed by atoms with Crippen LogP contribution in [0.5, 0.6) is 0 Å². The summed E-state index contributed by atoms with van der Waals surface area (Å²) in [6, 6.07) is 10.0. The van der Waals surface area contributed by atoms with Gasteiger partial charge in [0.25, 0.3) is 0 Å². The number of hydrogen-bond donors (Lipinski definition) is 1. The minimum absolute atomic E-state index is 0.0426. The van der Waals surface area contributed by atoms with Gasteiger partial charge in [-0.1, -0.05) is 44.0 Å². The maximum atomic E-state index is 13.9. The Morgan fingerprint density at radius 2 is 1.76 bits per heavy atom. The molecule has 1 aromatic carbocycles. The number of hydrogen-bond acceptors (Lipinski definition) is 3. The van der Waals surface area contributed by atoms with Crippen molar-refractivity contribution in [3.63, 3.8) is 0 Å². The molecule has 4 rings (SSSR count). The van der Waals surface area contributed by atoms with Crippen molar-refractivity contribution in [3.8, 4) is 0 Å². The van der Waals surface area contributed by atoms with E-state index in [-0.39, 0.29) is 6.04 Å². The molecule has 0 bridgehead atoms. The van der Waals surface area contributed by atoms with Crippen LogP contribution >= 0.6 is 0 Å². The number of piperidine rings is 1. The second-order valence-electron chi connectivity index (χ2n) is 9.43. The average Bonchev–Trinajstić information content (AvgIpc) is 3.61. The first-order valence-corrected chi connectivity index (χ1v) is 12.0. The van der Waals surface area contributed by atoms with Crippen LogP contribution in [0.2, 0.25) is 0 Å². The Bertz CT molecular complexity index is 667. The van der Waals surface area contributed by atoms with Crippen LogP contribution in [0.15, 0.2) is 24.3 Å². The highest BCUT2D eigenvalue weighted by atomic mass is 16.2. The number of likely N-dealkylation sites (tertiary alicyclic amines) is 1. The smallest absolute Gasteiger partial charge is 0.241 e. The van der Waals surface area contributed by atoms with Gasteiger partial charge in [0.15, 0.2) is 0 Å². The van der Waals surface area contributed by atoms with Crippen LogP contribution in [0, 0.1) is 5.92 Å². The van der Waals surface area contributed by atoms with Gasteiger partial charge in [-0.05, 0) is 69.0 Å². The third-order valence-corrected chi connectivity index (χ3v) is 7.42. The van der Waals surface area contributed by atoms with E-state index >= 15 is 0 Å². The number of nitrogens with one attached hydrogen (secondary N) is 1. The lowest BCUT2D eigenvalue weighted by Crippen LogP contribution is -2.58. The van der Waals surface area contributed by atoms with E-state index in [9.17, 15) is 4.79 Å². The first-order chi connectivity index (χ1) is 14.2. The molecule has 160 valence electrons. The van der Waals surface area contributed by atoms with Gasteiger partial charge in [-0.2, -0.15) is 0 Å². The van der Waals surface area contributed by atoms with Gasteiger partial charge in [0.05, 0.1) is 0 Å². The fourth-order valence-electron chi connectivity index (χ4n) is 5.62. The molecule has 2 aliphatic carbocycles. The Morgan fingerprint density at radius 3 is 2.45 bits per heavy atom. The largest absolute Gasteiger partial charge is 0.338 e. The molecule has 1 aromatic rings. The van der Waals surface area contributed by atoms with Gasteiger partial charge in [0, 0.05) is 31.7 Å². The second kappa shape index (κ2) is 9.61. The zero-order chi connectivity index (χ0) is 20.2. The van der Waals surface area contributed by atoms with E-state index in [4.69, 9.17) is 0 Å². The molecule has 3 aliphatic rings. The van der Waals surface area contributed by atoms with E-state index in [1.807, 2.05) is 7.05 Å². The summed E-state index contributed by atoms with van der Waals surface area (Å²) in [5.41, 5.74) is 2.71. The molecule has 1 amide bonds. The van der Waals surface area contributed by atoms with Crippen LogP contribution in [-0.2, 0) is 17.8 Å². The van der Waals surface area contributed by atoms with Gasteiger partial charge in [-0.25, -0.2) is 0 Å². The molecule has 0 aromatic heterocycles. The van der Waals surface area contributed by atoms with E-state index < -0.39 is 0 Å². The summed E-state index contributed by atoms with van der Waals surface area (Å²) in [5, 5.41) is 3.34. The lowest BCUT2D eigenvalue weighted by molar-refractivity contribution is -0.144. The second-order valence-corrected chi connectivity index (χ2v) is 9.43. The molecule has 3 atom stereocenters. The van der Waals surface area contributed by atoms with Crippen LogP contribution in [0.4, 0.5) is 0 Å². The molecule has 1 heterocycles. The molecule has 4 nitrogen and oxygen atoms in total. The fraction of sp³-hybridized carbons (Fsp3) is 0.720. The van der Waals surface area contributed by atoms with Crippen LogP contribution in [0.3, 0.4) is 0 Å². The maximum Gasteiger partial charge on any atom is 0.241 e. The molecule has 29 heavy (non-hydrogen) atoms. The summed E-state index contributed by atoms with van der Waals surface area (Å²) < 4.78 is 0. The monoisotopic (exact) mass is 397 g/mol. The molecule has 4 heteroatoms. The topological polar surface area (TPSA) is 35.6 Å². The van der Waals surface area contributed by atoms with Crippen molar-refractivity contribution in [2.45, 2.75) is 89.4 Å². The van der Waals surface area contributed by atoms with Gasteiger partial charge >= 0.3 is 0 Å². The number of rotatable bonds is 8. The molecule has 0 unspecified atom stereocenters. The Hall–Kier alpha value is -1.39. The molecule has 1 aliphatic heterocycles. The highest BCUT2D eigenvalue weighted by Gasteiger charge is 2.42. The van der Waals surface area contributed by atoms with Crippen molar-refractivity contribution in [1.29, 1.82) is 0 Å². The van der Waals surface area contributed by atoms with Crippen molar-refractivity contribution in [3.05, 3.63) is 35.4 Å². The predicted octanol–water partition coefficient (Wildman–Crippen LogP) is 3.98. The summed E-state index contributed by atoms with van der Waals surface area (Å²) >= 11 is 0. The quantitative estimate of drug-likeness (QED) is 0.721. The Balaban J connectivity index is 1.52. The summed E-state index contributed by atoms with van der Waals surface area (Å²) in [4.78, 5) is 18.7. The van der Waals surface area contributed by atoms with Gasteiger partial charge in [0.1, 0.15) is 6.04 Å². The van der Waals surface area contributed by atoms with Gasteiger partial charge in [-0.3, -0.25) is 9.69 Å². The third kappa shape index (κ3) is 4.86. The molecule has 1 N–H and O–H groups in total. The zero-order valence-corrected chi connectivity index (χ0v) is 18.4. The lowest BCUT2D eigenvalue weighted by Gasteiger charge is -2.46. The van der Waals surface area contributed by atoms with Crippen molar-refractivity contribution >= 4 is 5.91 Å². The number of benzene rings is 1. The van der Waals surface area contributed by atoms with E-state index in [0.717, 1.165) is 32.0 Å². The lowest BCUT2D eigenvalue weighted by atomic mass is 9.78. The van der Waals surface area contributed by atoms with E-state index in [1.54, 1.807) is 0 Å². The molecular weight excluding hydrogens is 358 g/mol. The molecule has 2 saturated carbocycles. The van der Waals surface area contributed by atoms with Crippen LogP contribution in [-0.4, -0.2) is 54.0 Å². The summed E-state index contributed by atoms with van der Waals surface area (Å²) in [6.07, 6.45) is 11.2. The van der Waals surface area contributed by atoms with Gasteiger partial charge < -0.3 is 10.2 Å². The number of amides is 1. The fourth-order valence-corrected chi connectivity index (χ4v) is 5.62. The molecular formula is C25H39N3O. The first kappa shape index (κ1) is 20.9. The average molecular weight is 398 g/mol.